The predicted molar refractivity (Wildman–Crippen MR) is 117 cm³/mol. The number of benzene rings is 2. The van der Waals surface area contributed by atoms with Crippen LogP contribution in [0, 0.1) is 5.92 Å². The van der Waals surface area contributed by atoms with E-state index in [1.54, 1.807) is 29.2 Å². The molecule has 0 unspecified atom stereocenters. The first-order valence-corrected chi connectivity index (χ1v) is 10.5. The highest BCUT2D eigenvalue weighted by Gasteiger charge is 2.27. The van der Waals surface area contributed by atoms with E-state index in [4.69, 9.17) is 0 Å². The first kappa shape index (κ1) is 21.3. The number of phenolic OH excluding ortho intramolecular Hbond substituents is 1. The smallest absolute Gasteiger partial charge is 0.236 e. The van der Waals surface area contributed by atoms with Crippen LogP contribution < -0.4 is 5.32 Å². The molecule has 1 aliphatic heterocycles. The van der Waals surface area contributed by atoms with Crippen molar-refractivity contribution in [3.8, 4) is 5.75 Å². The molecule has 0 saturated carbocycles. The van der Waals surface area contributed by atoms with Crippen molar-refractivity contribution in [3.63, 3.8) is 0 Å². The summed E-state index contributed by atoms with van der Waals surface area (Å²) in [6, 6.07) is 14.6. The van der Waals surface area contributed by atoms with Crippen LogP contribution in [0.2, 0.25) is 0 Å². The van der Waals surface area contributed by atoms with Gasteiger partial charge in [0.2, 0.25) is 11.8 Å². The van der Waals surface area contributed by atoms with Crippen LogP contribution in [0.25, 0.3) is 0 Å². The van der Waals surface area contributed by atoms with Gasteiger partial charge in [0.25, 0.3) is 0 Å². The highest BCUT2D eigenvalue weighted by atomic mass is 79.9. The van der Waals surface area contributed by atoms with E-state index in [-0.39, 0.29) is 23.5 Å². The summed E-state index contributed by atoms with van der Waals surface area (Å²) >= 11 is 3.52. The summed E-state index contributed by atoms with van der Waals surface area (Å²) in [6.45, 7) is 2.31. The molecule has 2 aromatic rings. The summed E-state index contributed by atoms with van der Waals surface area (Å²) in [5.74, 6) is -0.0580. The summed E-state index contributed by atoms with van der Waals surface area (Å²) in [5, 5.41) is 12.6. The maximum absolute atomic E-state index is 12.6. The largest absolute Gasteiger partial charge is 0.506 e. The average Bonchev–Trinajstić information content (AvgIpc) is 2.72. The summed E-state index contributed by atoms with van der Waals surface area (Å²) in [6.07, 6.45) is 1.39. The summed E-state index contributed by atoms with van der Waals surface area (Å²) in [7, 11) is 1.81. The number of anilines is 1. The minimum Gasteiger partial charge on any atom is -0.506 e. The van der Waals surface area contributed by atoms with E-state index >= 15 is 0 Å². The molecule has 154 valence electrons. The third kappa shape index (κ3) is 5.81. The fraction of sp³-hybridized carbons (Fsp3) is 0.364. The Balaban J connectivity index is 1.45. The van der Waals surface area contributed by atoms with Gasteiger partial charge in [0.15, 0.2) is 0 Å². The van der Waals surface area contributed by atoms with Crippen LogP contribution in [-0.4, -0.2) is 53.4 Å². The third-order valence-electron chi connectivity index (χ3n) is 5.27. The minimum atomic E-state index is -0.112. The Morgan fingerprint density at radius 3 is 2.48 bits per heavy atom. The monoisotopic (exact) mass is 459 g/mol. The van der Waals surface area contributed by atoms with Gasteiger partial charge in [-0.15, -0.1) is 0 Å². The quantitative estimate of drug-likeness (QED) is 0.648. The maximum Gasteiger partial charge on any atom is 0.236 e. The molecule has 1 saturated heterocycles. The average molecular weight is 460 g/mol. The first-order chi connectivity index (χ1) is 13.9. The molecule has 6 nitrogen and oxygen atoms in total. The van der Waals surface area contributed by atoms with Crippen LogP contribution in [-0.2, 0) is 16.1 Å². The molecule has 3 rings (SSSR count). The van der Waals surface area contributed by atoms with Gasteiger partial charge in [0.05, 0.1) is 12.2 Å². The highest BCUT2D eigenvalue weighted by molar-refractivity contribution is 9.10. The van der Waals surface area contributed by atoms with E-state index in [1.807, 2.05) is 31.3 Å². The van der Waals surface area contributed by atoms with Gasteiger partial charge in [-0.2, -0.15) is 0 Å². The van der Waals surface area contributed by atoms with Crippen molar-refractivity contribution in [1.82, 2.24) is 9.80 Å². The van der Waals surface area contributed by atoms with E-state index in [1.165, 1.54) is 0 Å². The van der Waals surface area contributed by atoms with Gasteiger partial charge in [0.1, 0.15) is 5.75 Å². The molecule has 0 radical (unpaired) electrons. The number of phenols is 1. The van der Waals surface area contributed by atoms with Gasteiger partial charge in [-0.25, -0.2) is 0 Å². The normalized spacial score (nSPS) is 15.1. The second-order valence-corrected chi connectivity index (χ2v) is 8.25. The van der Waals surface area contributed by atoms with Crippen molar-refractivity contribution in [2.45, 2.75) is 19.4 Å². The molecule has 0 aromatic heterocycles. The fourth-order valence-electron chi connectivity index (χ4n) is 3.45. The zero-order valence-electron chi connectivity index (χ0n) is 16.5. The second kappa shape index (κ2) is 9.89. The number of para-hydroxylation sites is 2. The molecule has 2 N–H and O–H groups in total. The van der Waals surface area contributed by atoms with E-state index in [2.05, 4.69) is 26.1 Å². The molecule has 1 fully saturated rings. The van der Waals surface area contributed by atoms with E-state index in [0.717, 1.165) is 10.0 Å². The number of aromatic hydroxyl groups is 1. The van der Waals surface area contributed by atoms with Gasteiger partial charge in [-0.3, -0.25) is 14.5 Å². The van der Waals surface area contributed by atoms with Gasteiger partial charge < -0.3 is 15.3 Å². The van der Waals surface area contributed by atoms with Crippen molar-refractivity contribution < 1.29 is 14.7 Å². The van der Waals surface area contributed by atoms with Gasteiger partial charge in [-0.1, -0.05) is 46.3 Å². The molecular weight excluding hydrogens is 434 g/mol. The Bertz CT molecular complexity index is 866. The first-order valence-electron chi connectivity index (χ1n) is 9.72. The zero-order valence-corrected chi connectivity index (χ0v) is 18.1. The molecule has 0 aliphatic carbocycles. The van der Waals surface area contributed by atoms with Crippen LogP contribution in [0.5, 0.6) is 5.75 Å². The number of piperidine rings is 1. The molecule has 2 aromatic carbocycles. The van der Waals surface area contributed by atoms with E-state index in [0.29, 0.717) is 44.7 Å². The number of nitrogens with zero attached hydrogens (tertiary/aromatic N) is 2. The molecule has 1 aliphatic rings. The lowest BCUT2D eigenvalue weighted by atomic mass is 9.95. The number of likely N-dealkylation sites (N-methyl/N-ethyl adjacent to an activating group) is 1. The molecular formula is C22H26BrN3O3. The number of amides is 2. The number of rotatable bonds is 6. The lowest BCUT2D eigenvalue weighted by molar-refractivity contribution is -0.132. The molecule has 0 bridgehead atoms. The van der Waals surface area contributed by atoms with Gasteiger partial charge in [-0.05, 0) is 49.7 Å². The Hall–Kier alpha value is -2.38. The number of carbonyl (C=O) groups excluding carboxylic acids is 2. The SMILES string of the molecule is CN(Cc1ccccc1Br)C(=O)CN1CCC(C(=O)Nc2ccccc2O)CC1. The third-order valence-corrected chi connectivity index (χ3v) is 6.04. The van der Waals surface area contributed by atoms with Crippen LogP contribution in [0.3, 0.4) is 0 Å². The fourth-order valence-corrected chi connectivity index (χ4v) is 3.86. The standard InChI is InChI=1S/C22H26BrN3O3/c1-25(14-17-6-2-3-7-18(17)23)21(28)15-26-12-10-16(11-13-26)22(29)24-19-8-4-5-9-20(19)27/h2-9,16,27H,10-15H2,1H3,(H,24,29). The Morgan fingerprint density at radius 2 is 1.79 bits per heavy atom. The van der Waals surface area contributed by atoms with Crippen LogP contribution in [0.15, 0.2) is 53.0 Å². The number of halogens is 1. The number of nitrogens with one attached hydrogen (secondary N) is 1. The molecule has 0 atom stereocenters. The van der Waals surface area contributed by atoms with Crippen molar-refractivity contribution in [2.75, 3.05) is 32.0 Å². The van der Waals surface area contributed by atoms with Crippen LogP contribution >= 0.6 is 15.9 Å². The lowest BCUT2D eigenvalue weighted by Gasteiger charge is -2.32. The highest BCUT2D eigenvalue weighted by Crippen LogP contribution is 2.25. The molecule has 29 heavy (non-hydrogen) atoms. The van der Waals surface area contributed by atoms with Crippen molar-refractivity contribution in [2.24, 2.45) is 5.92 Å². The van der Waals surface area contributed by atoms with Gasteiger partial charge in [0, 0.05) is 24.0 Å². The second-order valence-electron chi connectivity index (χ2n) is 7.40. The van der Waals surface area contributed by atoms with Gasteiger partial charge >= 0.3 is 0 Å². The molecule has 0 spiro atoms. The van der Waals surface area contributed by atoms with Crippen LogP contribution in [0.4, 0.5) is 5.69 Å². The predicted octanol–water partition coefficient (Wildman–Crippen LogP) is 3.46. The van der Waals surface area contributed by atoms with Crippen molar-refractivity contribution in [3.05, 3.63) is 58.6 Å². The Labute approximate surface area is 179 Å². The van der Waals surface area contributed by atoms with E-state index < -0.39 is 0 Å². The zero-order chi connectivity index (χ0) is 20.8. The molecule has 2 amide bonds. The molecule has 1 heterocycles. The van der Waals surface area contributed by atoms with Crippen molar-refractivity contribution in [1.29, 1.82) is 0 Å². The number of likely N-dealkylation sites (tertiary alicyclic amines) is 1. The number of hydrogen-bond donors (Lipinski definition) is 2. The Kier molecular flexibility index (Phi) is 7.28. The summed E-state index contributed by atoms with van der Waals surface area (Å²) < 4.78 is 0.996. The summed E-state index contributed by atoms with van der Waals surface area (Å²) in [5.41, 5.74) is 1.51. The van der Waals surface area contributed by atoms with Crippen molar-refractivity contribution >= 4 is 33.4 Å². The minimum absolute atomic E-state index is 0.0666. The topological polar surface area (TPSA) is 72.9 Å². The lowest BCUT2D eigenvalue weighted by Crippen LogP contribution is -2.43. The molecule has 7 heteroatoms. The van der Waals surface area contributed by atoms with E-state index in [9.17, 15) is 14.7 Å². The number of hydrogen-bond acceptors (Lipinski definition) is 4. The maximum atomic E-state index is 12.6. The number of carbonyl (C=O) groups is 2. The van der Waals surface area contributed by atoms with Crippen LogP contribution in [0.1, 0.15) is 18.4 Å². The Morgan fingerprint density at radius 1 is 1.14 bits per heavy atom. The summed E-state index contributed by atoms with van der Waals surface area (Å²) in [4.78, 5) is 28.9.